The maximum Gasteiger partial charge on any atom is 0.143 e. The lowest BCUT2D eigenvalue weighted by atomic mass is 10.1. The second kappa shape index (κ2) is 6.07. The van der Waals surface area contributed by atoms with Gasteiger partial charge in [0.2, 0.25) is 0 Å². The minimum atomic E-state index is 0.0205. The standard InChI is InChI=1S/C11H18N4O/c1-8-5-13-4-3-10(8)7-14-6-9(2)11(12)15-16/h3-5,9,14,16H,6-7H2,1-2H3,(H2,12,15). The maximum absolute atomic E-state index is 8.49. The van der Waals surface area contributed by atoms with Crippen LogP contribution in [0, 0.1) is 12.8 Å². The number of hydrogen-bond donors (Lipinski definition) is 3. The first-order valence-electron chi connectivity index (χ1n) is 5.22. The molecule has 1 heterocycles. The number of pyridine rings is 1. The van der Waals surface area contributed by atoms with Crippen LogP contribution in [-0.4, -0.2) is 22.6 Å². The zero-order valence-corrected chi connectivity index (χ0v) is 9.64. The highest BCUT2D eigenvalue weighted by molar-refractivity contribution is 5.82. The topological polar surface area (TPSA) is 83.5 Å². The molecule has 1 atom stereocenters. The average Bonchev–Trinajstić information content (AvgIpc) is 2.30. The molecular formula is C11H18N4O. The van der Waals surface area contributed by atoms with Gasteiger partial charge in [0.15, 0.2) is 0 Å². The molecule has 0 fully saturated rings. The van der Waals surface area contributed by atoms with Crippen LogP contribution in [0.5, 0.6) is 0 Å². The summed E-state index contributed by atoms with van der Waals surface area (Å²) in [7, 11) is 0. The Morgan fingerprint density at radius 3 is 3.06 bits per heavy atom. The van der Waals surface area contributed by atoms with Gasteiger partial charge in [-0.05, 0) is 24.1 Å². The molecule has 1 rings (SSSR count). The molecular weight excluding hydrogens is 204 g/mol. The van der Waals surface area contributed by atoms with Gasteiger partial charge in [-0.1, -0.05) is 12.1 Å². The van der Waals surface area contributed by atoms with Crippen molar-refractivity contribution in [1.82, 2.24) is 10.3 Å². The molecule has 0 saturated heterocycles. The Hall–Kier alpha value is -1.62. The fourth-order valence-corrected chi connectivity index (χ4v) is 1.33. The predicted octanol–water partition coefficient (Wildman–Crippen LogP) is 0.862. The second-order valence-corrected chi connectivity index (χ2v) is 3.86. The molecule has 5 heteroatoms. The van der Waals surface area contributed by atoms with E-state index in [-0.39, 0.29) is 11.8 Å². The first-order valence-corrected chi connectivity index (χ1v) is 5.22. The van der Waals surface area contributed by atoms with Crippen LogP contribution in [0.1, 0.15) is 18.1 Å². The zero-order chi connectivity index (χ0) is 12.0. The Labute approximate surface area is 95.4 Å². The van der Waals surface area contributed by atoms with Gasteiger partial charge in [0.25, 0.3) is 0 Å². The van der Waals surface area contributed by atoms with Crippen LogP contribution in [0.15, 0.2) is 23.6 Å². The molecule has 0 bridgehead atoms. The van der Waals surface area contributed by atoms with E-state index in [0.717, 1.165) is 12.1 Å². The summed E-state index contributed by atoms with van der Waals surface area (Å²) < 4.78 is 0. The molecule has 1 unspecified atom stereocenters. The van der Waals surface area contributed by atoms with E-state index < -0.39 is 0 Å². The van der Waals surface area contributed by atoms with E-state index in [0.29, 0.717) is 6.54 Å². The third-order valence-electron chi connectivity index (χ3n) is 2.52. The largest absolute Gasteiger partial charge is 0.409 e. The molecule has 0 aromatic carbocycles. The zero-order valence-electron chi connectivity index (χ0n) is 9.64. The molecule has 88 valence electrons. The van der Waals surface area contributed by atoms with Crippen LogP contribution in [0.25, 0.3) is 0 Å². The number of aryl methyl sites for hydroxylation is 1. The van der Waals surface area contributed by atoms with E-state index in [4.69, 9.17) is 10.9 Å². The van der Waals surface area contributed by atoms with Gasteiger partial charge < -0.3 is 16.3 Å². The molecule has 5 nitrogen and oxygen atoms in total. The molecule has 0 aliphatic carbocycles. The molecule has 0 aliphatic rings. The number of nitrogens with one attached hydrogen (secondary N) is 1. The average molecular weight is 222 g/mol. The van der Waals surface area contributed by atoms with E-state index in [1.807, 2.05) is 26.1 Å². The fraction of sp³-hybridized carbons (Fsp3) is 0.455. The number of aromatic nitrogens is 1. The lowest BCUT2D eigenvalue weighted by Gasteiger charge is -2.11. The smallest absolute Gasteiger partial charge is 0.143 e. The minimum absolute atomic E-state index is 0.0205. The summed E-state index contributed by atoms with van der Waals surface area (Å²) >= 11 is 0. The summed E-state index contributed by atoms with van der Waals surface area (Å²) in [6.07, 6.45) is 3.61. The van der Waals surface area contributed by atoms with E-state index in [1.54, 1.807) is 6.20 Å². The summed E-state index contributed by atoms with van der Waals surface area (Å²) in [4.78, 5) is 4.03. The summed E-state index contributed by atoms with van der Waals surface area (Å²) in [5.41, 5.74) is 7.84. The molecule has 16 heavy (non-hydrogen) atoms. The van der Waals surface area contributed by atoms with Gasteiger partial charge in [-0.25, -0.2) is 0 Å². The van der Waals surface area contributed by atoms with E-state index in [1.165, 1.54) is 5.56 Å². The number of rotatable bonds is 5. The van der Waals surface area contributed by atoms with Crippen molar-refractivity contribution >= 4 is 5.84 Å². The van der Waals surface area contributed by atoms with E-state index in [9.17, 15) is 0 Å². The number of hydrogen-bond acceptors (Lipinski definition) is 4. The number of oxime groups is 1. The van der Waals surface area contributed by atoms with Crippen molar-refractivity contribution in [1.29, 1.82) is 0 Å². The van der Waals surface area contributed by atoms with E-state index in [2.05, 4.69) is 15.5 Å². The van der Waals surface area contributed by atoms with Crippen LogP contribution in [0.4, 0.5) is 0 Å². The molecule has 0 radical (unpaired) electrons. The van der Waals surface area contributed by atoms with E-state index >= 15 is 0 Å². The third kappa shape index (κ3) is 3.51. The first-order chi connectivity index (χ1) is 7.65. The molecule has 0 amide bonds. The normalized spacial score (nSPS) is 13.8. The molecule has 4 N–H and O–H groups in total. The molecule has 0 aliphatic heterocycles. The fourth-order valence-electron chi connectivity index (χ4n) is 1.33. The summed E-state index contributed by atoms with van der Waals surface area (Å²) in [5.74, 6) is 0.270. The summed E-state index contributed by atoms with van der Waals surface area (Å²) in [6.45, 7) is 5.37. The third-order valence-corrected chi connectivity index (χ3v) is 2.52. The highest BCUT2D eigenvalue weighted by atomic mass is 16.4. The monoisotopic (exact) mass is 222 g/mol. The lowest BCUT2D eigenvalue weighted by Crippen LogP contribution is -2.31. The van der Waals surface area contributed by atoms with Crippen LogP contribution in [0.3, 0.4) is 0 Å². The Bertz CT molecular complexity index is 365. The number of nitrogens with two attached hydrogens (primary N) is 1. The van der Waals surface area contributed by atoms with Crippen LogP contribution < -0.4 is 11.1 Å². The highest BCUT2D eigenvalue weighted by Gasteiger charge is 2.06. The Balaban J connectivity index is 2.39. The summed E-state index contributed by atoms with van der Waals surface area (Å²) in [5, 5.41) is 14.7. The second-order valence-electron chi connectivity index (χ2n) is 3.86. The van der Waals surface area contributed by atoms with Crippen molar-refractivity contribution in [2.45, 2.75) is 20.4 Å². The molecule has 1 aromatic rings. The SMILES string of the molecule is Cc1cnccc1CNCC(C)/C(N)=N/O. The van der Waals surface area contributed by atoms with Crippen LogP contribution in [-0.2, 0) is 6.54 Å². The van der Waals surface area contributed by atoms with Gasteiger partial charge in [0.05, 0.1) is 0 Å². The Morgan fingerprint density at radius 2 is 2.44 bits per heavy atom. The highest BCUT2D eigenvalue weighted by Crippen LogP contribution is 2.04. The van der Waals surface area contributed by atoms with Crippen molar-refractivity contribution in [2.24, 2.45) is 16.8 Å². The predicted molar refractivity (Wildman–Crippen MR) is 63.3 cm³/mol. The van der Waals surface area contributed by atoms with Gasteiger partial charge in [0, 0.05) is 31.4 Å². The van der Waals surface area contributed by atoms with Gasteiger partial charge in [-0.2, -0.15) is 0 Å². The minimum Gasteiger partial charge on any atom is -0.409 e. The van der Waals surface area contributed by atoms with Crippen molar-refractivity contribution < 1.29 is 5.21 Å². The maximum atomic E-state index is 8.49. The number of amidine groups is 1. The molecule has 0 spiro atoms. The van der Waals surface area contributed by atoms with Crippen LogP contribution >= 0.6 is 0 Å². The van der Waals surface area contributed by atoms with Gasteiger partial charge in [-0.15, -0.1) is 0 Å². The molecule has 0 saturated carbocycles. The quantitative estimate of drug-likeness (QED) is 0.298. The van der Waals surface area contributed by atoms with Crippen LogP contribution in [0.2, 0.25) is 0 Å². The van der Waals surface area contributed by atoms with Crippen molar-refractivity contribution in [2.75, 3.05) is 6.54 Å². The van der Waals surface area contributed by atoms with Crippen molar-refractivity contribution in [3.63, 3.8) is 0 Å². The summed E-state index contributed by atoms with van der Waals surface area (Å²) in [6, 6.07) is 1.98. The first kappa shape index (κ1) is 12.4. The Morgan fingerprint density at radius 1 is 1.69 bits per heavy atom. The molecule has 1 aromatic heterocycles. The lowest BCUT2D eigenvalue weighted by molar-refractivity contribution is 0.314. The van der Waals surface area contributed by atoms with Gasteiger partial charge in [0.1, 0.15) is 5.84 Å². The Kier molecular flexibility index (Phi) is 4.72. The van der Waals surface area contributed by atoms with Crippen molar-refractivity contribution in [3.05, 3.63) is 29.6 Å². The van der Waals surface area contributed by atoms with Crippen molar-refractivity contribution in [3.8, 4) is 0 Å². The van der Waals surface area contributed by atoms with Gasteiger partial charge in [-0.3, -0.25) is 4.98 Å². The van der Waals surface area contributed by atoms with Gasteiger partial charge >= 0.3 is 0 Å². The number of nitrogens with zero attached hydrogens (tertiary/aromatic N) is 2.